The van der Waals surface area contributed by atoms with E-state index in [2.05, 4.69) is 15.9 Å². The van der Waals surface area contributed by atoms with E-state index in [-0.39, 0.29) is 10.7 Å². The molecule has 0 atom stereocenters. The van der Waals surface area contributed by atoms with Crippen LogP contribution in [0.2, 0.25) is 5.02 Å². The predicted molar refractivity (Wildman–Crippen MR) is 81.4 cm³/mol. The summed E-state index contributed by atoms with van der Waals surface area (Å²) in [6, 6.07) is 11.5. The molecule has 0 saturated carbocycles. The maximum atomic E-state index is 12.4. The van der Waals surface area contributed by atoms with Gasteiger partial charge in [0, 0.05) is 4.47 Å². The van der Waals surface area contributed by atoms with Crippen LogP contribution in [0.15, 0.2) is 40.9 Å². The molecule has 0 fully saturated rings. The molecular formula is C15H6BrClN2O2. The Kier molecular flexibility index (Phi) is 3.28. The van der Waals surface area contributed by atoms with Gasteiger partial charge >= 0.3 is 0 Å². The molecule has 1 aliphatic heterocycles. The smallest absolute Gasteiger partial charge is 0.266 e. The maximum absolute atomic E-state index is 12.4. The van der Waals surface area contributed by atoms with Gasteiger partial charge in [0.2, 0.25) is 0 Å². The topological polar surface area (TPSA) is 61.2 Å². The van der Waals surface area contributed by atoms with Gasteiger partial charge in [-0.05, 0) is 40.2 Å². The van der Waals surface area contributed by atoms with Gasteiger partial charge in [0.1, 0.15) is 6.07 Å². The molecule has 0 N–H and O–H groups in total. The van der Waals surface area contributed by atoms with E-state index in [1.54, 1.807) is 24.3 Å². The molecule has 0 aromatic heterocycles. The molecule has 6 heteroatoms. The highest BCUT2D eigenvalue weighted by molar-refractivity contribution is 9.10. The van der Waals surface area contributed by atoms with Gasteiger partial charge in [-0.3, -0.25) is 9.59 Å². The summed E-state index contributed by atoms with van der Waals surface area (Å²) < 4.78 is 0.510. The van der Waals surface area contributed by atoms with Crippen LogP contribution in [0.1, 0.15) is 26.3 Å². The zero-order valence-electron chi connectivity index (χ0n) is 10.4. The Hall–Kier alpha value is -2.16. The van der Waals surface area contributed by atoms with E-state index < -0.39 is 11.8 Å². The monoisotopic (exact) mass is 360 g/mol. The number of amides is 2. The molecule has 0 unspecified atom stereocenters. The quantitative estimate of drug-likeness (QED) is 0.726. The second-order valence-electron chi connectivity index (χ2n) is 4.39. The summed E-state index contributed by atoms with van der Waals surface area (Å²) >= 11 is 9.34. The largest absolute Gasteiger partial charge is 0.268 e. The van der Waals surface area contributed by atoms with Gasteiger partial charge in [0.05, 0.1) is 27.4 Å². The second-order valence-corrected chi connectivity index (χ2v) is 5.65. The van der Waals surface area contributed by atoms with Crippen molar-refractivity contribution < 1.29 is 9.59 Å². The Morgan fingerprint density at radius 3 is 2.19 bits per heavy atom. The number of halogens is 2. The molecule has 0 aliphatic carbocycles. The van der Waals surface area contributed by atoms with Gasteiger partial charge in [0.15, 0.2) is 0 Å². The van der Waals surface area contributed by atoms with Gasteiger partial charge < -0.3 is 0 Å². The number of imide groups is 1. The minimum atomic E-state index is -0.441. The van der Waals surface area contributed by atoms with Gasteiger partial charge in [-0.25, -0.2) is 4.90 Å². The summed E-state index contributed by atoms with van der Waals surface area (Å²) in [6.07, 6.45) is 0. The van der Waals surface area contributed by atoms with Crippen LogP contribution < -0.4 is 4.90 Å². The lowest BCUT2D eigenvalue weighted by Crippen LogP contribution is -2.29. The van der Waals surface area contributed by atoms with Crippen molar-refractivity contribution in [2.24, 2.45) is 0 Å². The zero-order valence-corrected chi connectivity index (χ0v) is 12.8. The Labute approximate surface area is 133 Å². The van der Waals surface area contributed by atoms with E-state index >= 15 is 0 Å². The zero-order chi connectivity index (χ0) is 15.1. The number of carbonyl (C=O) groups is 2. The maximum Gasteiger partial charge on any atom is 0.266 e. The van der Waals surface area contributed by atoms with E-state index in [1.807, 2.05) is 6.07 Å². The highest BCUT2D eigenvalue weighted by Crippen LogP contribution is 2.36. The Morgan fingerprint density at radius 1 is 1.10 bits per heavy atom. The van der Waals surface area contributed by atoms with Crippen molar-refractivity contribution in [2.75, 3.05) is 4.90 Å². The number of hydrogen-bond donors (Lipinski definition) is 0. The van der Waals surface area contributed by atoms with Crippen LogP contribution >= 0.6 is 27.5 Å². The van der Waals surface area contributed by atoms with Crippen molar-refractivity contribution in [3.05, 3.63) is 62.6 Å². The summed E-state index contributed by atoms with van der Waals surface area (Å²) in [6.45, 7) is 0. The predicted octanol–water partition coefficient (Wildman–Crippen LogP) is 3.77. The van der Waals surface area contributed by atoms with E-state index in [0.717, 1.165) is 4.90 Å². The van der Waals surface area contributed by atoms with Crippen LogP contribution in [0.5, 0.6) is 0 Å². The van der Waals surface area contributed by atoms with Crippen LogP contribution in [-0.4, -0.2) is 11.8 Å². The molecule has 0 saturated heterocycles. The number of nitriles is 1. The molecule has 102 valence electrons. The first-order valence-corrected chi connectivity index (χ1v) is 7.08. The number of benzene rings is 2. The van der Waals surface area contributed by atoms with E-state index in [9.17, 15) is 9.59 Å². The van der Waals surface area contributed by atoms with Crippen molar-refractivity contribution in [1.82, 2.24) is 0 Å². The molecule has 3 rings (SSSR count). The third-order valence-corrected chi connectivity index (χ3v) is 4.15. The number of fused-ring (bicyclic) bond motifs is 1. The Balaban J connectivity index is 2.18. The van der Waals surface area contributed by atoms with Crippen molar-refractivity contribution in [2.45, 2.75) is 0 Å². The number of nitrogens with zero attached hydrogens (tertiary/aromatic N) is 2. The third kappa shape index (κ3) is 2.04. The summed E-state index contributed by atoms with van der Waals surface area (Å²) in [5, 5.41) is 9.29. The number of carbonyl (C=O) groups excluding carboxylic acids is 2. The normalized spacial score (nSPS) is 13.3. The Morgan fingerprint density at radius 2 is 1.67 bits per heavy atom. The summed E-state index contributed by atoms with van der Waals surface area (Å²) in [5.41, 5.74) is 1.17. The summed E-state index contributed by atoms with van der Waals surface area (Å²) in [5.74, 6) is -0.882. The highest BCUT2D eigenvalue weighted by atomic mass is 79.9. The fourth-order valence-electron chi connectivity index (χ4n) is 2.20. The minimum absolute atomic E-state index is 0.211. The van der Waals surface area contributed by atoms with Crippen LogP contribution in [0.3, 0.4) is 0 Å². The minimum Gasteiger partial charge on any atom is -0.268 e. The van der Waals surface area contributed by atoms with Crippen molar-refractivity contribution in [3.8, 4) is 6.07 Å². The van der Waals surface area contributed by atoms with E-state index in [0.29, 0.717) is 21.2 Å². The lowest BCUT2D eigenvalue weighted by Gasteiger charge is -2.16. The van der Waals surface area contributed by atoms with Crippen molar-refractivity contribution >= 4 is 45.0 Å². The lowest BCUT2D eigenvalue weighted by atomic mass is 10.1. The average Bonchev–Trinajstić information content (AvgIpc) is 2.72. The van der Waals surface area contributed by atoms with Crippen LogP contribution in [-0.2, 0) is 0 Å². The SMILES string of the molecule is N#Cc1cc(N2C(=O)c3ccccc3C2=O)c(Cl)cc1Br. The molecular weight excluding hydrogens is 356 g/mol. The van der Waals surface area contributed by atoms with Crippen molar-refractivity contribution in [3.63, 3.8) is 0 Å². The molecule has 4 nitrogen and oxygen atoms in total. The van der Waals surface area contributed by atoms with Crippen molar-refractivity contribution in [1.29, 1.82) is 5.26 Å². The molecule has 1 heterocycles. The molecule has 0 radical (unpaired) electrons. The molecule has 0 spiro atoms. The van der Waals surface area contributed by atoms with E-state index in [1.165, 1.54) is 12.1 Å². The fourth-order valence-corrected chi connectivity index (χ4v) is 3.01. The second kappa shape index (κ2) is 4.99. The summed E-state index contributed by atoms with van der Waals surface area (Å²) in [7, 11) is 0. The van der Waals surface area contributed by atoms with E-state index in [4.69, 9.17) is 16.9 Å². The fraction of sp³-hybridized carbons (Fsp3) is 0. The van der Waals surface area contributed by atoms with Gasteiger partial charge in [-0.1, -0.05) is 23.7 Å². The third-order valence-electron chi connectivity index (χ3n) is 3.19. The molecule has 1 aliphatic rings. The van der Waals surface area contributed by atoms with Gasteiger partial charge in [0.25, 0.3) is 11.8 Å². The first-order chi connectivity index (χ1) is 10.0. The number of rotatable bonds is 1. The van der Waals surface area contributed by atoms with Crippen LogP contribution in [0, 0.1) is 11.3 Å². The molecule has 21 heavy (non-hydrogen) atoms. The highest BCUT2D eigenvalue weighted by Gasteiger charge is 2.37. The first kappa shape index (κ1) is 13.8. The standard InChI is InChI=1S/C15H6BrClN2O2/c16-11-6-12(17)13(5-8(11)7-18)19-14(20)9-3-1-2-4-10(9)15(19)21/h1-6H. The van der Waals surface area contributed by atoms with Crippen LogP contribution in [0.25, 0.3) is 0 Å². The molecule has 2 aromatic rings. The molecule has 2 aromatic carbocycles. The summed E-state index contributed by atoms with van der Waals surface area (Å²) in [4.78, 5) is 25.8. The van der Waals surface area contributed by atoms with Gasteiger partial charge in [-0.15, -0.1) is 0 Å². The Bertz CT molecular complexity index is 807. The van der Waals surface area contributed by atoms with Gasteiger partial charge in [-0.2, -0.15) is 5.26 Å². The number of anilines is 1. The van der Waals surface area contributed by atoms with Crippen LogP contribution in [0.4, 0.5) is 5.69 Å². The number of hydrogen-bond acceptors (Lipinski definition) is 3. The first-order valence-electron chi connectivity index (χ1n) is 5.91. The average molecular weight is 362 g/mol. The molecule has 0 bridgehead atoms. The lowest BCUT2D eigenvalue weighted by molar-refractivity contribution is 0.0926. The molecule has 2 amide bonds.